The minimum atomic E-state index is -0.978. The molecule has 3 rings (SSSR count). The maximum absolute atomic E-state index is 12.4. The number of rotatable bonds is 4. The summed E-state index contributed by atoms with van der Waals surface area (Å²) >= 11 is 1.44. The SMILES string of the molecule is CSc1ncccc1C(=O)NC[C@]1(O)CCc2ccccc21. The highest BCUT2D eigenvalue weighted by Crippen LogP contribution is 2.36. The van der Waals surface area contributed by atoms with Gasteiger partial charge in [-0.2, -0.15) is 0 Å². The number of benzene rings is 1. The maximum Gasteiger partial charge on any atom is 0.254 e. The van der Waals surface area contributed by atoms with Gasteiger partial charge in [0, 0.05) is 6.20 Å². The van der Waals surface area contributed by atoms with Crippen molar-refractivity contribution in [3.05, 3.63) is 59.3 Å². The molecular formula is C17H18N2O2S. The van der Waals surface area contributed by atoms with Gasteiger partial charge in [0.05, 0.1) is 12.1 Å². The van der Waals surface area contributed by atoms with E-state index in [0.717, 1.165) is 17.5 Å². The lowest BCUT2D eigenvalue weighted by atomic mass is 9.96. The average molecular weight is 314 g/mol. The number of fused-ring (bicyclic) bond motifs is 1. The fourth-order valence-electron chi connectivity index (χ4n) is 2.90. The highest BCUT2D eigenvalue weighted by molar-refractivity contribution is 7.98. The van der Waals surface area contributed by atoms with Gasteiger partial charge in [-0.1, -0.05) is 24.3 Å². The molecule has 4 nitrogen and oxygen atoms in total. The van der Waals surface area contributed by atoms with Gasteiger partial charge in [-0.25, -0.2) is 4.98 Å². The molecule has 0 unspecified atom stereocenters. The number of nitrogens with one attached hydrogen (secondary N) is 1. The van der Waals surface area contributed by atoms with Gasteiger partial charge in [-0.15, -0.1) is 11.8 Å². The number of aryl methyl sites for hydroxylation is 1. The molecule has 5 heteroatoms. The van der Waals surface area contributed by atoms with E-state index in [9.17, 15) is 9.90 Å². The lowest BCUT2D eigenvalue weighted by Crippen LogP contribution is -2.39. The monoisotopic (exact) mass is 314 g/mol. The third-order valence-corrected chi connectivity index (χ3v) is 4.79. The lowest BCUT2D eigenvalue weighted by Gasteiger charge is -2.24. The number of aromatic nitrogens is 1. The summed E-state index contributed by atoms with van der Waals surface area (Å²) in [7, 11) is 0. The normalized spacial score (nSPS) is 19.7. The second-order valence-corrected chi connectivity index (χ2v) is 6.23. The molecule has 0 spiro atoms. The fourth-order valence-corrected chi connectivity index (χ4v) is 3.45. The Kier molecular flexibility index (Phi) is 4.18. The number of carbonyl (C=O) groups excluding carboxylic acids is 1. The van der Waals surface area contributed by atoms with Crippen LogP contribution in [-0.2, 0) is 12.0 Å². The second-order valence-electron chi connectivity index (χ2n) is 5.43. The Bertz CT molecular complexity index is 705. The summed E-state index contributed by atoms with van der Waals surface area (Å²) in [6, 6.07) is 11.4. The standard InChI is InChI=1S/C17H18N2O2S/c1-22-16-13(6-4-10-18-16)15(20)19-11-17(21)9-8-12-5-2-3-7-14(12)17/h2-7,10,21H,8-9,11H2,1H3,(H,19,20)/t17-/m1/s1. The minimum absolute atomic E-state index is 0.199. The van der Waals surface area contributed by atoms with Gasteiger partial charge in [0.1, 0.15) is 10.6 Å². The molecule has 1 amide bonds. The van der Waals surface area contributed by atoms with E-state index >= 15 is 0 Å². The van der Waals surface area contributed by atoms with Gasteiger partial charge >= 0.3 is 0 Å². The molecule has 1 heterocycles. The third kappa shape index (κ3) is 2.74. The van der Waals surface area contributed by atoms with E-state index < -0.39 is 5.60 Å². The quantitative estimate of drug-likeness (QED) is 0.851. The van der Waals surface area contributed by atoms with Crippen molar-refractivity contribution in [2.75, 3.05) is 12.8 Å². The largest absolute Gasteiger partial charge is 0.383 e. The number of carbonyl (C=O) groups is 1. The summed E-state index contributed by atoms with van der Waals surface area (Å²) in [5.41, 5.74) is 1.65. The highest BCUT2D eigenvalue weighted by Gasteiger charge is 2.36. The van der Waals surface area contributed by atoms with Crippen molar-refractivity contribution in [3.63, 3.8) is 0 Å². The molecule has 1 aliphatic rings. The van der Waals surface area contributed by atoms with Gasteiger partial charge in [0.25, 0.3) is 5.91 Å². The molecule has 0 bridgehead atoms. The molecule has 1 aliphatic carbocycles. The van der Waals surface area contributed by atoms with E-state index in [1.54, 1.807) is 18.3 Å². The molecule has 1 atom stereocenters. The van der Waals surface area contributed by atoms with Crippen LogP contribution in [0, 0.1) is 0 Å². The molecule has 0 radical (unpaired) electrons. The first-order chi connectivity index (χ1) is 10.6. The minimum Gasteiger partial charge on any atom is -0.383 e. The van der Waals surface area contributed by atoms with Crippen LogP contribution in [0.5, 0.6) is 0 Å². The number of thioether (sulfide) groups is 1. The van der Waals surface area contributed by atoms with Crippen LogP contribution in [-0.4, -0.2) is 28.8 Å². The van der Waals surface area contributed by atoms with E-state index in [-0.39, 0.29) is 12.5 Å². The number of nitrogens with zero attached hydrogens (tertiary/aromatic N) is 1. The van der Waals surface area contributed by atoms with Crippen molar-refractivity contribution < 1.29 is 9.90 Å². The van der Waals surface area contributed by atoms with Crippen LogP contribution in [0.1, 0.15) is 27.9 Å². The Morgan fingerprint density at radius 2 is 2.18 bits per heavy atom. The maximum atomic E-state index is 12.4. The van der Waals surface area contributed by atoms with Gasteiger partial charge in [-0.05, 0) is 42.4 Å². The summed E-state index contributed by atoms with van der Waals surface area (Å²) in [6.45, 7) is 0.214. The predicted molar refractivity (Wildman–Crippen MR) is 87.0 cm³/mol. The van der Waals surface area contributed by atoms with E-state index in [0.29, 0.717) is 17.0 Å². The topological polar surface area (TPSA) is 62.2 Å². The van der Waals surface area contributed by atoms with Crippen LogP contribution >= 0.6 is 11.8 Å². The van der Waals surface area contributed by atoms with Crippen molar-refractivity contribution in [2.24, 2.45) is 0 Å². The number of aliphatic hydroxyl groups is 1. The van der Waals surface area contributed by atoms with Gasteiger partial charge in [0.15, 0.2) is 0 Å². The average Bonchev–Trinajstić information content (AvgIpc) is 2.91. The predicted octanol–water partition coefficient (Wildman–Crippen LogP) is 2.37. The summed E-state index contributed by atoms with van der Waals surface area (Å²) in [5.74, 6) is -0.199. The Balaban J connectivity index is 1.74. The number of hydrogen-bond donors (Lipinski definition) is 2. The number of amides is 1. The van der Waals surface area contributed by atoms with E-state index in [1.165, 1.54) is 11.8 Å². The number of hydrogen-bond acceptors (Lipinski definition) is 4. The first-order valence-electron chi connectivity index (χ1n) is 7.22. The molecule has 0 aliphatic heterocycles. The van der Waals surface area contributed by atoms with Crippen molar-refractivity contribution >= 4 is 17.7 Å². The number of pyridine rings is 1. The zero-order valence-corrected chi connectivity index (χ0v) is 13.2. The first kappa shape index (κ1) is 15.1. The molecular weight excluding hydrogens is 296 g/mol. The zero-order valence-electron chi connectivity index (χ0n) is 12.4. The van der Waals surface area contributed by atoms with Gasteiger partial charge in [-0.3, -0.25) is 4.79 Å². The van der Waals surface area contributed by atoms with Crippen LogP contribution in [0.3, 0.4) is 0 Å². The lowest BCUT2D eigenvalue weighted by molar-refractivity contribution is 0.0369. The molecule has 114 valence electrons. The molecule has 1 aromatic heterocycles. The highest BCUT2D eigenvalue weighted by atomic mass is 32.2. The summed E-state index contributed by atoms with van der Waals surface area (Å²) in [4.78, 5) is 16.6. The van der Waals surface area contributed by atoms with Gasteiger partial charge < -0.3 is 10.4 Å². The Hall–Kier alpha value is -1.85. The molecule has 0 saturated carbocycles. The van der Waals surface area contributed by atoms with E-state index in [2.05, 4.69) is 10.3 Å². The Labute approximate surface area is 134 Å². The summed E-state index contributed by atoms with van der Waals surface area (Å²) in [6.07, 6.45) is 5.03. The van der Waals surface area contributed by atoms with E-state index in [1.807, 2.05) is 30.5 Å². The molecule has 1 aromatic carbocycles. The van der Waals surface area contributed by atoms with Crippen LogP contribution in [0.4, 0.5) is 0 Å². The third-order valence-electron chi connectivity index (χ3n) is 4.08. The first-order valence-corrected chi connectivity index (χ1v) is 8.44. The molecule has 2 aromatic rings. The van der Waals surface area contributed by atoms with Crippen molar-refractivity contribution in [3.8, 4) is 0 Å². The molecule has 0 fully saturated rings. The van der Waals surface area contributed by atoms with Crippen molar-refractivity contribution in [1.29, 1.82) is 0 Å². The van der Waals surface area contributed by atoms with E-state index in [4.69, 9.17) is 0 Å². The zero-order chi connectivity index (χ0) is 15.6. The molecule has 2 N–H and O–H groups in total. The van der Waals surface area contributed by atoms with Crippen LogP contribution in [0.25, 0.3) is 0 Å². The fraction of sp³-hybridized carbons (Fsp3) is 0.294. The summed E-state index contributed by atoms with van der Waals surface area (Å²) < 4.78 is 0. The molecule has 0 saturated heterocycles. The Morgan fingerprint density at radius 3 is 3.00 bits per heavy atom. The van der Waals surface area contributed by atoms with Gasteiger partial charge in [0.2, 0.25) is 0 Å². The van der Waals surface area contributed by atoms with Crippen LogP contribution in [0.15, 0.2) is 47.6 Å². The second kappa shape index (κ2) is 6.10. The van der Waals surface area contributed by atoms with Crippen molar-refractivity contribution in [2.45, 2.75) is 23.5 Å². The smallest absolute Gasteiger partial charge is 0.254 e. The van der Waals surface area contributed by atoms with Crippen LogP contribution < -0.4 is 5.32 Å². The Morgan fingerprint density at radius 1 is 1.36 bits per heavy atom. The van der Waals surface area contributed by atoms with Crippen molar-refractivity contribution in [1.82, 2.24) is 10.3 Å². The molecule has 22 heavy (non-hydrogen) atoms. The van der Waals surface area contributed by atoms with Crippen LogP contribution in [0.2, 0.25) is 0 Å². The summed E-state index contributed by atoms with van der Waals surface area (Å²) in [5, 5.41) is 14.4.